The number of carbonyl (C=O) groups excluding carboxylic acids is 2. The number of ether oxygens (including phenoxy) is 3. The molecule has 2 aliphatic rings. The summed E-state index contributed by atoms with van der Waals surface area (Å²) in [6, 6.07) is 7.45. The zero-order valence-corrected chi connectivity index (χ0v) is 21.4. The van der Waals surface area contributed by atoms with E-state index < -0.39 is 6.09 Å². The monoisotopic (exact) mass is 510 g/mol. The maximum Gasteiger partial charge on any atom is 0.406 e. The van der Waals surface area contributed by atoms with Crippen LogP contribution in [0.3, 0.4) is 0 Å². The first-order valence-corrected chi connectivity index (χ1v) is 12.9. The van der Waals surface area contributed by atoms with Crippen LogP contribution in [-0.4, -0.2) is 75.1 Å². The average molecular weight is 511 g/mol. The van der Waals surface area contributed by atoms with Crippen molar-refractivity contribution in [3.05, 3.63) is 34.9 Å². The predicted molar refractivity (Wildman–Crippen MR) is 134 cm³/mol. The number of nitrogens with one attached hydrogen (secondary N) is 1. The second-order valence-corrected chi connectivity index (χ2v) is 9.75. The quantitative estimate of drug-likeness (QED) is 0.213. The van der Waals surface area contributed by atoms with Gasteiger partial charge in [-0.25, -0.2) is 15.4 Å². The van der Waals surface area contributed by atoms with Crippen molar-refractivity contribution in [3.63, 3.8) is 0 Å². The van der Waals surface area contributed by atoms with Crippen LogP contribution in [0.4, 0.5) is 9.59 Å². The van der Waals surface area contributed by atoms with Gasteiger partial charge < -0.3 is 24.4 Å². The van der Waals surface area contributed by atoms with Crippen LogP contribution >= 0.6 is 11.6 Å². The summed E-state index contributed by atoms with van der Waals surface area (Å²) < 4.78 is 16.4. The van der Waals surface area contributed by atoms with Crippen LogP contribution in [0.1, 0.15) is 50.2 Å². The number of hydrogen-bond acceptors (Lipinski definition) is 6. The Morgan fingerprint density at radius 3 is 2.94 bits per heavy atom. The van der Waals surface area contributed by atoms with E-state index in [0.717, 1.165) is 50.9 Å². The molecule has 2 aliphatic heterocycles. The fraction of sp³-hybridized carbons (Fsp3) is 0.680. The van der Waals surface area contributed by atoms with Crippen molar-refractivity contribution in [3.8, 4) is 0 Å². The van der Waals surface area contributed by atoms with E-state index in [9.17, 15) is 9.59 Å². The number of nitrogens with two attached hydrogens (primary N) is 1. The fourth-order valence-corrected chi connectivity index (χ4v) is 5.09. The Labute approximate surface area is 213 Å². The summed E-state index contributed by atoms with van der Waals surface area (Å²) in [4.78, 5) is 26.3. The summed E-state index contributed by atoms with van der Waals surface area (Å²) in [5, 5.41) is 4.61. The number of urea groups is 1. The fourth-order valence-electron chi connectivity index (χ4n) is 4.89. The molecule has 3 N–H and O–H groups in total. The number of piperidine rings is 1. The summed E-state index contributed by atoms with van der Waals surface area (Å²) in [6.07, 6.45) is 5.21. The number of alkyl carbamates (subject to hydrolysis) is 1. The lowest BCUT2D eigenvalue weighted by Gasteiger charge is -2.38. The van der Waals surface area contributed by atoms with Gasteiger partial charge in [0, 0.05) is 50.3 Å². The third-order valence-corrected chi connectivity index (χ3v) is 6.93. The number of rotatable bonds is 10. The van der Waals surface area contributed by atoms with Gasteiger partial charge in [0.05, 0.1) is 19.8 Å². The maximum atomic E-state index is 13.1. The Morgan fingerprint density at radius 2 is 2.20 bits per heavy atom. The topological polar surface area (TPSA) is 106 Å². The number of hydrogen-bond donors (Lipinski definition) is 2. The highest BCUT2D eigenvalue weighted by molar-refractivity contribution is 6.30. The van der Waals surface area contributed by atoms with Gasteiger partial charge in [0.15, 0.2) is 0 Å². The molecule has 2 unspecified atom stereocenters. The standard InChI is InChI=1S/C25H39ClN4O5/c1-33-24(31)28-11-15-35-23(20-8-2-10-22(26)16-20)21-9-4-12-29(17-21)25(32)30(27)13-3-6-19-7-5-14-34-18-19/h2,8,10,16,19,21,23H,3-7,9,11-15,17-18,27H2,1H3,(H,28,31)/t19?,21?,23-/m0/s1. The van der Waals surface area contributed by atoms with Crippen LogP contribution in [-0.2, 0) is 14.2 Å². The second kappa shape index (κ2) is 14.5. The number of likely N-dealkylation sites (tertiary alicyclic amines) is 1. The van der Waals surface area contributed by atoms with Crippen molar-refractivity contribution in [1.82, 2.24) is 15.2 Å². The molecule has 2 saturated heterocycles. The van der Waals surface area contributed by atoms with Gasteiger partial charge in [-0.05, 0) is 62.1 Å². The second-order valence-electron chi connectivity index (χ2n) is 9.31. The number of amides is 3. The van der Waals surface area contributed by atoms with Crippen molar-refractivity contribution >= 4 is 23.7 Å². The van der Waals surface area contributed by atoms with Crippen LogP contribution in [0.5, 0.6) is 0 Å². The molecular formula is C25H39ClN4O5. The molecule has 0 aliphatic carbocycles. The van der Waals surface area contributed by atoms with Crippen LogP contribution in [0, 0.1) is 11.8 Å². The van der Waals surface area contributed by atoms with E-state index in [0.29, 0.717) is 43.7 Å². The Balaban J connectivity index is 1.55. The average Bonchev–Trinajstić information content (AvgIpc) is 2.88. The number of benzene rings is 1. The Bertz CT molecular complexity index is 808. The number of halogens is 1. The molecule has 3 rings (SSSR count). The summed E-state index contributed by atoms with van der Waals surface area (Å²) in [5.41, 5.74) is 0.953. The molecule has 10 heteroatoms. The van der Waals surface area contributed by atoms with Crippen LogP contribution in [0.15, 0.2) is 24.3 Å². The van der Waals surface area contributed by atoms with Gasteiger partial charge in [0.1, 0.15) is 0 Å². The SMILES string of the molecule is COC(=O)NCCO[C@@H](c1cccc(Cl)c1)C1CCCN(C(=O)N(N)CCCC2CCCOC2)C1. The smallest absolute Gasteiger partial charge is 0.406 e. The van der Waals surface area contributed by atoms with Crippen molar-refractivity contribution in [1.29, 1.82) is 0 Å². The molecule has 0 radical (unpaired) electrons. The van der Waals surface area contributed by atoms with E-state index in [-0.39, 0.29) is 18.1 Å². The first-order valence-electron chi connectivity index (χ1n) is 12.6. The molecule has 3 atom stereocenters. The highest BCUT2D eigenvalue weighted by atomic mass is 35.5. The lowest BCUT2D eigenvalue weighted by atomic mass is 9.88. The van der Waals surface area contributed by atoms with Crippen molar-refractivity contribution in [2.24, 2.45) is 17.7 Å². The van der Waals surface area contributed by atoms with E-state index >= 15 is 0 Å². The normalized spacial score (nSPS) is 21.3. The predicted octanol–water partition coefficient (Wildman–Crippen LogP) is 3.97. The first-order chi connectivity index (χ1) is 17.0. The van der Waals surface area contributed by atoms with Crippen LogP contribution < -0.4 is 11.2 Å². The number of nitrogens with zero attached hydrogens (tertiary/aromatic N) is 2. The summed E-state index contributed by atoms with van der Waals surface area (Å²) in [7, 11) is 1.32. The maximum absolute atomic E-state index is 13.1. The molecule has 0 bridgehead atoms. The highest BCUT2D eigenvalue weighted by Crippen LogP contribution is 2.34. The van der Waals surface area contributed by atoms with E-state index in [2.05, 4.69) is 10.1 Å². The largest absolute Gasteiger partial charge is 0.453 e. The van der Waals surface area contributed by atoms with E-state index in [4.69, 9.17) is 26.9 Å². The highest BCUT2D eigenvalue weighted by Gasteiger charge is 2.32. The molecule has 1 aromatic rings. The summed E-state index contributed by atoms with van der Waals surface area (Å²) >= 11 is 6.25. The molecule has 9 nitrogen and oxygen atoms in total. The third kappa shape index (κ3) is 8.83. The first kappa shape index (κ1) is 27.5. The van der Waals surface area contributed by atoms with Gasteiger partial charge in [-0.2, -0.15) is 0 Å². The van der Waals surface area contributed by atoms with E-state index in [1.54, 1.807) is 0 Å². The van der Waals surface area contributed by atoms with Gasteiger partial charge in [-0.1, -0.05) is 23.7 Å². The molecule has 0 aromatic heterocycles. The van der Waals surface area contributed by atoms with Crippen molar-refractivity contribution in [2.45, 2.75) is 44.6 Å². The Hall–Kier alpha value is -2.07. The molecule has 0 saturated carbocycles. The van der Waals surface area contributed by atoms with Gasteiger partial charge in [0.2, 0.25) is 0 Å². The van der Waals surface area contributed by atoms with Gasteiger partial charge in [-0.15, -0.1) is 0 Å². The van der Waals surface area contributed by atoms with Crippen molar-refractivity contribution in [2.75, 3.05) is 53.1 Å². The Kier molecular flexibility index (Phi) is 11.4. The Morgan fingerprint density at radius 1 is 1.34 bits per heavy atom. The number of hydrazine groups is 1. The molecule has 2 fully saturated rings. The van der Waals surface area contributed by atoms with Gasteiger partial charge >= 0.3 is 12.1 Å². The summed E-state index contributed by atoms with van der Waals surface area (Å²) in [5.74, 6) is 6.81. The molecule has 1 aromatic carbocycles. The van der Waals surface area contributed by atoms with E-state index in [1.165, 1.54) is 18.5 Å². The lowest BCUT2D eigenvalue weighted by Crippen LogP contribution is -2.51. The molecule has 196 valence electrons. The number of carbonyl (C=O) groups is 2. The van der Waals surface area contributed by atoms with Gasteiger partial charge in [0.25, 0.3) is 0 Å². The lowest BCUT2D eigenvalue weighted by molar-refractivity contribution is -0.0107. The summed E-state index contributed by atoms with van der Waals surface area (Å²) in [6.45, 7) is 4.05. The minimum absolute atomic E-state index is 0.0806. The minimum atomic E-state index is -0.499. The zero-order chi connectivity index (χ0) is 25.0. The molecule has 35 heavy (non-hydrogen) atoms. The van der Waals surface area contributed by atoms with Crippen molar-refractivity contribution < 1.29 is 23.8 Å². The molecule has 3 amide bonds. The molecular weight excluding hydrogens is 472 g/mol. The van der Waals surface area contributed by atoms with E-state index in [1.807, 2.05) is 29.2 Å². The van der Waals surface area contributed by atoms with Crippen LogP contribution in [0.2, 0.25) is 5.02 Å². The molecule has 2 heterocycles. The number of methoxy groups -OCH3 is 1. The van der Waals surface area contributed by atoms with Crippen LogP contribution in [0.25, 0.3) is 0 Å². The van der Waals surface area contributed by atoms with Gasteiger partial charge in [-0.3, -0.25) is 5.01 Å². The molecule has 0 spiro atoms. The zero-order valence-electron chi connectivity index (χ0n) is 20.6. The third-order valence-electron chi connectivity index (χ3n) is 6.70. The minimum Gasteiger partial charge on any atom is -0.453 e.